The molecule has 0 spiro atoms. The van der Waals surface area contributed by atoms with Crippen molar-refractivity contribution in [3.8, 4) is 11.5 Å². The smallest absolute Gasteiger partial charge is 0.342 e. The van der Waals surface area contributed by atoms with E-state index in [0.29, 0.717) is 6.61 Å². The Morgan fingerprint density at radius 1 is 1.33 bits per heavy atom. The Bertz CT molecular complexity index is 439. The number of carbonyl (C=O) groups excluding carboxylic acids is 2. The third kappa shape index (κ3) is 4.08. The summed E-state index contributed by atoms with van der Waals surface area (Å²) < 4.78 is 9.88. The number of rotatable bonds is 5. The third-order valence-electron chi connectivity index (χ3n) is 2.17. The fraction of sp³-hybridized carbons (Fsp3) is 0.385. The zero-order valence-corrected chi connectivity index (χ0v) is 10.4. The van der Waals surface area contributed by atoms with Crippen molar-refractivity contribution < 1.29 is 24.2 Å². The van der Waals surface area contributed by atoms with E-state index in [0.717, 1.165) is 12.8 Å². The van der Waals surface area contributed by atoms with Crippen LogP contribution in [-0.4, -0.2) is 23.7 Å². The first-order chi connectivity index (χ1) is 8.54. The molecule has 0 bridgehead atoms. The number of hydrogen-bond donors (Lipinski definition) is 1. The Kier molecular flexibility index (Phi) is 5.17. The first kappa shape index (κ1) is 14.0. The van der Waals surface area contributed by atoms with Gasteiger partial charge in [0.05, 0.1) is 6.61 Å². The Labute approximate surface area is 105 Å². The van der Waals surface area contributed by atoms with Crippen molar-refractivity contribution in [1.82, 2.24) is 0 Å². The van der Waals surface area contributed by atoms with Crippen molar-refractivity contribution in [3.63, 3.8) is 0 Å². The summed E-state index contributed by atoms with van der Waals surface area (Å²) >= 11 is 0. The molecule has 98 valence electrons. The quantitative estimate of drug-likeness (QED) is 0.494. The molecule has 0 saturated carbocycles. The predicted molar refractivity (Wildman–Crippen MR) is 64.6 cm³/mol. The Morgan fingerprint density at radius 3 is 2.67 bits per heavy atom. The van der Waals surface area contributed by atoms with Crippen LogP contribution in [0.1, 0.15) is 37.0 Å². The van der Waals surface area contributed by atoms with Crippen molar-refractivity contribution in [2.45, 2.75) is 26.7 Å². The number of benzene rings is 1. The van der Waals surface area contributed by atoms with Gasteiger partial charge in [-0.25, -0.2) is 4.79 Å². The topological polar surface area (TPSA) is 72.8 Å². The van der Waals surface area contributed by atoms with Gasteiger partial charge in [-0.1, -0.05) is 13.3 Å². The van der Waals surface area contributed by atoms with Crippen LogP contribution in [0.2, 0.25) is 0 Å². The zero-order chi connectivity index (χ0) is 13.5. The highest BCUT2D eigenvalue weighted by Gasteiger charge is 2.16. The van der Waals surface area contributed by atoms with E-state index < -0.39 is 11.9 Å². The van der Waals surface area contributed by atoms with E-state index in [1.807, 2.05) is 6.92 Å². The fourth-order valence-electron chi connectivity index (χ4n) is 1.31. The number of carbonyl (C=O) groups is 2. The Hall–Kier alpha value is -2.04. The summed E-state index contributed by atoms with van der Waals surface area (Å²) in [7, 11) is 0. The molecule has 5 nitrogen and oxygen atoms in total. The highest BCUT2D eigenvalue weighted by atomic mass is 16.5. The number of phenols is 1. The summed E-state index contributed by atoms with van der Waals surface area (Å²) in [6.07, 6.45) is 1.66. The lowest BCUT2D eigenvalue weighted by atomic mass is 10.2. The van der Waals surface area contributed by atoms with Gasteiger partial charge in [-0.3, -0.25) is 4.79 Å². The summed E-state index contributed by atoms with van der Waals surface area (Å²) in [5, 5.41) is 9.34. The molecule has 0 aliphatic heterocycles. The molecule has 0 amide bonds. The minimum absolute atomic E-state index is 0.0429. The van der Waals surface area contributed by atoms with E-state index in [1.165, 1.54) is 25.1 Å². The predicted octanol–water partition coefficient (Wildman–Crippen LogP) is 2.27. The van der Waals surface area contributed by atoms with Gasteiger partial charge in [0.1, 0.15) is 17.1 Å². The number of aromatic hydroxyl groups is 1. The molecule has 1 N–H and O–H groups in total. The average molecular weight is 252 g/mol. The van der Waals surface area contributed by atoms with Crippen LogP contribution in [0.3, 0.4) is 0 Å². The molecular formula is C13H16O5. The minimum Gasteiger partial charge on any atom is -0.508 e. The second-order valence-electron chi connectivity index (χ2n) is 3.76. The van der Waals surface area contributed by atoms with E-state index in [2.05, 4.69) is 0 Å². The molecule has 0 fully saturated rings. The highest BCUT2D eigenvalue weighted by Crippen LogP contribution is 2.24. The molecule has 0 aliphatic carbocycles. The zero-order valence-electron chi connectivity index (χ0n) is 10.4. The Balaban J connectivity index is 2.86. The SMILES string of the molecule is CCCCOC(=O)c1cc(O)ccc1OC(C)=O. The van der Waals surface area contributed by atoms with E-state index in [-0.39, 0.29) is 17.1 Å². The van der Waals surface area contributed by atoms with Gasteiger partial charge in [-0.05, 0) is 24.6 Å². The van der Waals surface area contributed by atoms with Gasteiger partial charge in [0.2, 0.25) is 0 Å². The molecule has 18 heavy (non-hydrogen) atoms. The molecule has 1 rings (SSSR count). The largest absolute Gasteiger partial charge is 0.508 e. The van der Waals surface area contributed by atoms with Crippen LogP contribution in [0.5, 0.6) is 11.5 Å². The van der Waals surface area contributed by atoms with Crippen LogP contribution < -0.4 is 4.74 Å². The summed E-state index contributed by atoms with van der Waals surface area (Å²) in [5.41, 5.74) is 0.0429. The molecule has 0 radical (unpaired) electrons. The van der Waals surface area contributed by atoms with Crippen molar-refractivity contribution >= 4 is 11.9 Å². The second-order valence-corrected chi connectivity index (χ2v) is 3.76. The highest BCUT2D eigenvalue weighted by molar-refractivity contribution is 5.93. The van der Waals surface area contributed by atoms with Gasteiger partial charge >= 0.3 is 11.9 Å². The lowest BCUT2D eigenvalue weighted by Crippen LogP contribution is -2.11. The van der Waals surface area contributed by atoms with Crippen molar-refractivity contribution in [3.05, 3.63) is 23.8 Å². The van der Waals surface area contributed by atoms with Gasteiger partial charge in [-0.2, -0.15) is 0 Å². The van der Waals surface area contributed by atoms with Crippen molar-refractivity contribution in [2.24, 2.45) is 0 Å². The maximum atomic E-state index is 11.7. The van der Waals surface area contributed by atoms with Gasteiger partial charge < -0.3 is 14.6 Å². The summed E-state index contributed by atoms with van der Waals surface area (Å²) in [5.74, 6) is -1.16. The van der Waals surface area contributed by atoms with Gasteiger partial charge in [0, 0.05) is 6.92 Å². The molecule has 0 heterocycles. The van der Waals surface area contributed by atoms with Crippen LogP contribution in [-0.2, 0) is 9.53 Å². The average Bonchev–Trinajstić information content (AvgIpc) is 2.31. The molecule has 0 atom stereocenters. The van der Waals surface area contributed by atoms with Crippen LogP contribution in [0, 0.1) is 0 Å². The third-order valence-corrected chi connectivity index (χ3v) is 2.17. The van der Waals surface area contributed by atoms with Crippen LogP contribution in [0.25, 0.3) is 0 Å². The monoisotopic (exact) mass is 252 g/mol. The lowest BCUT2D eigenvalue weighted by molar-refractivity contribution is -0.131. The summed E-state index contributed by atoms with van der Waals surface area (Å²) in [6.45, 7) is 3.51. The van der Waals surface area contributed by atoms with Crippen molar-refractivity contribution in [1.29, 1.82) is 0 Å². The normalized spacial score (nSPS) is 9.89. The minimum atomic E-state index is -0.615. The van der Waals surface area contributed by atoms with Crippen LogP contribution in [0.4, 0.5) is 0 Å². The maximum absolute atomic E-state index is 11.7. The number of hydrogen-bond acceptors (Lipinski definition) is 5. The van der Waals surface area contributed by atoms with E-state index in [9.17, 15) is 14.7 Å². The molecule has 1 aromatic rings. The Morgan fingerprint density at radius 2 is 2.06 bits per heavy atom. The first-order valence-corrected chi connectivity index (χ1v) is 5.73. The van der Waals surface area contributed by atoms with Gasteiger partial charge in [-0.15, -0.1) is 0 Å². The lowest BCUT2D eigenvalue weighted by Gasteiger charge is -2.09. The fourth-order valence-corrected chi connectivity index (χ4v) is 1.31. The molecule has 0 aliphatic rings. The standard InChI is InChI=1S/C13H16O5/c1-3-4-7-17-13(16)11-8-10(15)5-6-12(11)18-9(2)14/h5-6,8,15H,3-4,7H2,1-2H3. The molecular weight excluding hydrogens is 236 g/mol. The first-order valence-electron chi connectivity index (χ1n) is 5.73. The molecule has 1 aromatic carbocycles. The van der Waals surface area contributed by atoms with Crippen LogP contribution in [0.15, 0.2) is 18.2 Å². The van der Waals surface area contributed by atoms with E-state index in [1.54, 1.807) is 0 Å². The van der Waals surface area contributed by atoms with Gasteiger partial charge in [0.25, 0.3) is 0 Å². The molecule has 0 unspecified atom stereocenters. The van der Waals surface area contributed by atoms with E-state index in [4.69, 9.17) is 9.47 Å². The second kappa shape index (κ2) is 6.64. The van der Waals surface area contributed by atoms with E-state index >= 15 is 0 Å². The number of ether oxygens (including phenoxy) is 2. The van der Waals surface area contributed by atoms with Crippen molar-refractivity contribution in [2.75, 3.05) is 6.61 Å². The molecule has 5 heteroatoms. The number of unbranched alkanes of at least 4 members (excludes halogenated alkanes) is 1. The van der Waals surface area contributed by atoms with Gasteiger partial charge in [0.15, 0.2) is 0 Å². The summed E-state index contributed by atoms with van der Waals surface area (Å²) in [4.78, 5) is 22.6. The van der Waals surface area contributed by atoms with Crippen LogP contribution >= 0.6 is 0 Å². The number of esters is 2. The number of phenolic OH excluding ortho intramolecular Hbond substituents is 1. The maximum Gasteiger partial charge on any atom is 0.342 e. The summed E-state index contributed by atoms with van der Waals surface area (Å²) in [6, 6.07) is 3.90. The molecule has 0 saturated heterocycles. The molecule has 0 aromatic heterocycles.